The van der Waals surface area contributed by atoms with E-state index in [1.807, 2.05) is 31.5 Å². The molecular weight excluding hydrogens is 264 g/mol. The van der Waals surface area contributed by atoms with E-state index in [0.717, 1.165) is 43.0 Å². The van der Waals surface area contributed by atoms with Gasteiger partial charge in [-0.3, -0.25) is 9.78 Å². The van der Waals surface area contributed by atoms with E-state index in [1.54, 1.807) is 6.20 Å². The zero-order valence-corrected chi connectivity index (χ0v) is 12.2. The normalized spacial score (nSPS) is 17.3. The van der Waals surface area contributed by atoms with Crippen LogP contribution in [0.3, 0.4) is 0 Å². The Kier molecular flexibility index (Phi) is 3.99. The number of aryl methyl sites for hydroxylation is 2. The summed E-state index contributed by atoms with van der Waals surface area (Å²) in [6.07, 6.45) is 8.07. The van der Waals surface area contributed by atoms with Gasteiger partial charge >= 0.3 is 0 Å². The van der Waals surface area contributed by atoms with Crippen molar-refractivity contribution in [1.82, 2.24) is 19.9 Å². The van der Waals surface area contributed by atoms with Crippen molar-refractivity contribution in [3.8, 4) is 0 Å². The Morgan fingerprint density at radius 1 is 1.43 bits per heavy atom. The van der Waals surface area contributed by atoms with Gasteiger partial charge in [0.15, 0.2) is 0 Å². The summed E-state index contributed by atoms with van der Waals surface area (Å²) >= 11 is 0. The largest absolute Gasteiger partial charge is 0.356 e. The maximum atomic E-state index is 12.0. The highest BCUT2D eigenvalue weighted by Gasteiger charge is 2.19. The standard InChI is InChI=1S/C16H20N4O/c1-12-2-3-13(10-18-12)9-16(21)19-11-14-4-6-20-7-5-17-15(20)8-14/h2-3,5,7,10,14H,4,6,8-9,11H2,1H3,(H,19,21)/t14-/m1/s1. The van der Waals surface area contributed by atoms with Crippen molar-refractivity contribution in [2.75, 3.05) is 6.54 Å². The number of nitrogens with one attached hydrogen (secondary N) is 1. The van der Waals surface area contributed by atoms with E-state index in [9.17, 15) is 4.79 Å². The van der Waals surface area contributed by atoms with Crippen LogP contribution in [0.5, 0.6) is 0 Å². The molecule has 1 aliphatic heterocycles. The number of rotatable bonds is 4. The molecule has 1 atom stereocenters. The van der Waals surface area contributed by atoms with Crippen LogP contribution in [0.4, 0.5) is 0 Å². The number of fused-ring (bicyclic) bond motifs is 1. The second kappa shape index (κ2) is 6.08. The SMILES string of the molecule is Cc1ccc(CC(=O)NC[C@@H]2CCn3ccnc3C2)cn1. The first-order valence-corrected chi connectivity index (χ1v) is 7.39. The number of hydrogen-bond acceptors (Lipinski definition) is 3. The predicted molar refractivity (Wildman–Crippen MR) is 79.7 cm³/mol. The molecule has 5 heteroatoms. The molecule has 0 fully saturated rings. The molecular formula is C16H20N4O. The lowest BCUT2D eigenvalue weighted by molar-refractivity contribution is -0.120. The van der Waals surface area contributed by atoms with Crippen molar-refractivity contribution in [1.29, 1.82) is 0 Å². The number of amides is 1. The molecule has 0 aromatic carbocycles. The van der Waals surface area contributed by atoms with Gasteiger partial charge in [0.1, 0.15) is 5.82 Å². The smallest absolute Gasteiger partial charge is 0.224 e. The summed E-state index contributed by atoms with van der Waals surface area (Å²) in [5, 5.41) is 3.03. The molecule has 0 bridgehead atoms. The first kappa shape index (κ1) is 13.8. The minimum Gasteiger partial charge on any atom is -0.356 e. The highest BCUT2D eigenvalue weighted by Crippen LogP contribution is 2.18. The molecule has 0 spiro atoms. The fraction of sp³-hybridized carbons (Fsp3) is 0.438. The maximum Gasteiger partial charge on any atom is 0.224 e. The minimum atomic E-state index is 0.0644. The molecule has 1 aliphatic rings. The molecule has 0 saturated heterocycles. The van der Waals surface area contributed by atoms with Gasteiger partial charge in [0.25, 0.3) is 0 Å². The van der Waals surface area contributed by atoms with Crippen molar-refractivity contribution in [2.45, 2.75) is 32.7 Å². The molecule has 0 radical (unpaired) electrons. The van der Waals surface area contributed by atoms with Crippen LogP contribution in [-0.4, -0.2) is 27.0 Å². The molecule has 0 saturated carbocycles. The van der Waals surface area contributed by atoms with E-state index >= 15 is 0 Å². The van der Waals surface area contributed by atoms with E-state index in [2.05, 4.69) is 19.9 Å². The molecule has 3 heterocycles. The number of aromatic nitrogens is 3. The van der Waals surface area contributed by atoms with Crippen LogP contribution >= 0.6 is 0 Å². The molecule has 3 rings (SSSR count). The van der Waals surface area contributed by atoms with Crippen molar-refractivity contribution in [3.05, 3.63) is 47.8 Å². The van der Waals surface area contributed by atoms with E-state index in [1.165, 1.54) is 0 Å². The molecule has 2 aromatic heterocycles. The highest BCUT2D eigenvalue weighted by atomic mass is 16.1. The predicted octanol–water partition coefficient (Wildman–Crippen LogP) is 1.51. The van der Waals surface area contributed by atoms with Gasteiger partial charge in [-0.05, 0) is 30.9 Å². The van der Waals surface area contributed by atoms with Gasteiger partial charge in [-0.2, -0.15) is 0 Å². The quantitative estimate of drug-likeness (QED) is 0.925. The van der Waals surface area contributed by atoms with Gasteiger partial charge in [0.05, 0.1) is 6.42 Å². The van der Waals surface area contributed by atoms with Crippen LogP contribution in [0.15, 0.2) is 30.7 Å². The number of carbonyl (C=O) groups is 1. The number of pyridine rings is 1. The van der Waals surface area contributed by atoms with E-state index < -0.39 is 0 Å². The summed E-state index contributed by atoms with van der Waals surface area (Å²) in [5.41, 5.74) is 1.93. The lowest BCUT2D eigenvalue weighted by Gasteiger charge is -2.23. The van der Waals surface area contributed by atoms with Crippen LogP contribution < -0.4 is 5.32 Å². The minimum absolute atomic E-state index is 0.0644. The van der Waals surface area contributed by atoms with Crippen LogP contribution in [0, 0.1) is 12.8 Å². The Hall–Kier alpha value is -2.17. The topological polar surface area (TPSA) is 59.8 Å². The fourth-order valence-corrected chi connectivity index (χ4v) is 2.70. The average molecular weight is 284 g/mol. The van der Waals surface area contributed by atoms with Crippen molar-refractivity contribution < 1.29 is 4.79 Å². The zero-order valence-electron chi connectivity index (χ0n) is 12.2. The summed E-state index contributed by atoms with van der Waals surface area (Å²) in [6, 6.07) is 3.89. The Morgan fingerprint density at radius 2 is 2.33 bits per heavy atom. The molecule has 21 heavy (non-hydrogen) atoms. The lowest BCUT2D eigenvalue weighted by atomic mass is 9.98. The van der Waals surface area contributed by atoms with Gasteiger partial charge in [-0.1, -0.05) is 6.07 Å². The first-order valence-electron chi connectivity index (χ1n) is 7.39. The molecule has 110 valence electrons. The van der Waals surface area contributed by atoms with E-state index in [-0.39, 0.29) is 5.91 Å². The number of hydrogen-bond donors (Lipinski definition) is 1. The third-order valence-corrected chi connectivity index (χ3v) is 3.98. The molecule has 1 amide bonds. The number of carbonyl (C=O) groups excluding carboxylic acids is 1. The van der Waals surface area contributed by atoms with Gasteiger partial charge in [-0.15, -0.1) is 0 Å². The molecule has 2 aromatic rings. The zero-order chi connectivity index (χ0) is 14.7. The van der Waals surface area contributed by atoms with Crippen LogP contribution in [0.25, 0.3) is 0 Å². The van der Waals surface area contributed by atoms with Gasteiger partial charge in [0.2, 0.25) is 5.91 Å². The van der Waals surface area contributed by atoms with E-state index in [0.29, 0.717) is 12.3 Å². The summed E-state index contributed by atoms with van der Waals surface area (Å²) < 4.78 is 2.19. The van der Waals surface area contributed by atoms with Crippen LogP contribution in [-0.2, 0) is 24.2 Å². The Balaban J connectivity index is 1.47. The van der Waals surface area contributed by atoms with Crippen LogP contribution in [0.2, 0.25) is 0 Å². The Morgan fingerprint density at radius 3 is 3.14 bits per heavy atom. The summed E-state index contributed by atoms with van der Waals surface area (Å²) in [7, 11) is 0. The van der Waals surface area contributed by atoms with Crippen molar-refractivity contribution in [3.63, 3.8) is 0 Å². The third-order valence-electron chi connectivity index (χ3n) is 3.98. The summed E-state index contributed by atoms with van der Waals surface area (Å²) in [6.45, 7) is 3.67. The monoisotopic (exact) mass is 284 g/mol. The van der Waals surface area contributed by atoms with Gasteiger partial charge in [-0.25, -0.2) is 4.98 Å². The maximum absolute atomic E-state index is 12.0. The van der Waals surface area contributed by atoms with Gasteiger partial charge < -0.3 is 9.88 Å². The Labute approximate surface area is 124 Å². The van der Waals surface area contributed by atoms with Gasteiger partial charge in [0, 0.05) is 43.8 Å². The van der Waals surface area contributed by atoms with Crippen molar-refractivity contribution >= 4 is 5.91 Å². The average Bonchev–Trinajstić information content (AvgIpc) is 2.95. The third kappa shape index (κ3) is 3.48. The Bertz CT molecular complexity index is 617. The first-order chi connectivity index (χ1) is 10.2. The molecule has 0 unspecified atom stereocenters. The van der Waals surface area contributed by atoms with E-state index in [4.69, 9.17) is 0 Å². The number of imidazole rings is 1. The van der Waals surface area contributed by atoms with Crippen LogP contribution in [0.1, 0.15) is 23.5 Å². The second-order valence-electron chi connectivity index (χ2n) is 5.68. The summed E-state index contributed by atoms with van der Waals surface area (Å²) in [5.74, 6) is 1.68. The molecule has 0 aliphatic carbocycles. The molecule has 5 nitrogen and oxygen atoms in total. The van der Waals surface area contributed by atoms with Crippen molar-refractivity contribution in [2.24, 2.45) is 5.92 Å². The second-order valence-corrected chi connectivity index (χ2v) is 5.68. The number of nitrogens with zero attached hydrogens (tertiary/aromatic N) is 3. The molecule has 1 N–H and O–H groups in total. The summed E-state index contributed by atoms with van der Waals surface area (Å²) in [4.78, 5) is 20.5. The fourth-order valence-electron chi connectivity index (χ4n) is 2.70. The highest BCUT2D eigenvalue weighted by molar-refractivity contribution is 5.78. The lowest BCUT2D eigenvalue weighted by Crippen LogP contribution is -2.34.